The van der Waals surface area contributed by atoms with Crippen molar-refractivity contribution in [2.45, 2.75) is 6.92 Å². The van der Waals surface area contributed by atoms with E-state index in [-0.39, 0.29) is 0 Å². The van der Waals surface area contributed by atoms with Gasteiger partial charge in [-0.05, 0) is 60.0 Å². The van der Waals surface area contributed by atoms with Crippen LogP contribution in [0.15, 0.2) is 66.9 Å². The Labute approximate surface area is 183 Å². The second kappa shape index (κ2) is 7.01. The first-order valence-electron chi connectivity index (χ1n) is 9.51. The van der Waals surface area contributed by atoms with Gasteiger partial charge in [0.15, 0.2) is 0 Å². The summed E-state index contributed by atoms with van der Waals surface area (Å²) < 4.78 is 3.79. The number of hydrogen-bond donors (Lipinski definition) is 1. The topological polar surface area (TPSA) is 46.6 Å². The molecule has 1 N–H and O–H groups in total. The molecule has 2 heterocycles. The smallest absolute Gasteiger partial charge is 0.207 e. The SMILES string of the molecule is Cc1ccc(Cl)cc1-n1c(=N)n(C)c2cnc3ccc(-c4ccc(Cl)cc4)cc3c21. The number of hydrogen-bond acceptors (Lipinski definition) is 2. The normalized spacial score (nSPS) is 11.5. The van der Waals surface area contributed by atoms with Gasteiger partial charge >= 0.3 is 0 Å². The summed E-state index contributed by atoms with van der Waals surface area (Å²) in [4.78, 5) is 4.64. The van der Waals surface area contributed by atoms with Gasteiger partial charge in [-0.1, -0.05) is 47.5 Å². The molecule has 0 unspecified atom stereocenters. The Morgan fingerprint density at radius 3 is 2.33 bits per heavy atom. The van der Waals surface area contributed by atoms with Crippen LogP contribution in [-0.4, -0.2) is 14.1 Å². The maximum absolute atomic E-state index is 8.79. The molecule has 2 aromatic heterocycles. The van der Waals surface area contributed by atoms with Gasteiger partial charge in [-0.15, -0.1) is 0 Å². The minimum absolute atomic E-state index is 0.363. The Morgan fingerprint density at radius 1 is 0.867 bits per heavy atom. The van der Waals surface area contributed by atoms with E-state index in [4.69, 9.17) is 28.6 Å². The van der Waals surface area contributed by atoms with Crippen LogP contribution in [0.4, 0.5) is 0 Å². The minimum Gasteiger partial charge on any atom is -0.312 e. The van der Waals surface area contributed by atoms with E-state index in [1.54, 1.807) is 0 Å². The van der Waals surface area contributed by atoms with Crippen molar-refractivity contribution in [3.05, 3.63) is 88.1 Å². The van der Waals surface area contributed by atoms with Crippen LogP contribution in [0.2, 0.25) is 10.0 Å². The molecule has 3 aromatic carbocycles. The molecule has 0 aliphatic heterocycles. The lowest BCUT2D eigenvalue weighted by atomic mass is 10.0. The van der Waals surface area contributed by atoms with E-state index in [9.17, 15) is 0 Å². The summed E-state index contributed by atoms with van der Waals surface area (Å²) in [5.41, 5.74) is 7.14. The van der Waals surface area contributed by atoms with E-state index in [1.165, 1.54) is 0 Å². The molecule has 5 aromatic rings. The maximum atomic E-state index is 8.79. The molecule has 0 radical (unpaired) electrons. The first kappa shape index (κ1) is 18.9. The molecular formula is C24H18Cl2N4. The van der Waals surface area contributed by atoms with Crippen LogP contribution in [0, 0.1) is 12.3 Å². The number of aryl methyl sites for hydroxylation is 2. The lowest BCUT2D eigenvalue weighted by molar-refractivity contribution is 0.786. The number of pyridine rings is 1. The third-order valence-electron chi connectivity index (χ3n) is 5.52. The summed E-state index contributed by atoms with van der Waals surface area (Å²) in [5.74, 6) is 0. The number of fused-ring (bicyclic) bond motifs is 3. The summed E-state index contributed by atoms with van der Waals surface area (Å²) in [5, 5.41) is 11.1. The lowest BCUT2D eigenvalue weighted by Crippen LogP contribution is -2.21. The van der Waals surface area contributed by atoms with Crippen molar-refractivity contribution in [1.29, 1.82) is 5.41 Å². The highest BCUT2D eigenvalue weighted by Crippen LogP contribution is 2.31. The third kappa shape index (κ3) is 2.92. The molecule has 0 amide bonds. The standard InChI is InChI=1S/C24H18Cl2N4/c1-14-3-7-18(26)12-21(14)30-23-19-11-16(15-4-8-17(25)9-5-15)6-10-20(19)28-13-22(23)29(2)24(30)27/h3-13,27H,1-2H3. The fraction of sp³-hybridized carbons (Fsp3) is 0.0833. The molecule has 0 bridgehead atoms. The fourth-order valence-corrected chi connectivity index (χ4v) is 4.19. The predicted octanol–water partition coefficient (Wildman–Crippen LogP) is 6.28. The number of benzene rings is 3. The van der Waals surface area contributed by atoms with Gasteiger partial charge in [0, 0.05) is 22.5 Å². The Balaban J connectivity index is 1.90. The summed E-state index contributed by atoms with van der Waals surface area (Å²) in [6.07, 6.45) is 1.83. The Kier molecular flexibility index (Phi) is 4.42. The Bertz CT molecular complexity index is 1490. The summed E-state index contributed by atoms with van der Waals surface area (Å²) in [6.45, 7) is 2.03. The van der Waals surface area contributed by atoms with Gasteiger partial charge in [-0.25, -0.2) is 0 Å². The van der Waals surface area contributed by atoms with Gasteiger partial charge in [-0.2, -0.15) is 0 Å². The van der Waals surface area contributed by atoms with Gasteiger partial charge in [0.05, 0.1) is 28.4 Å². The highest BCUT2D eigenvalue weighted by Gasteiger charge is 2.16. The largest absolute Gasteiger partial charge is 0.312 e. The zero-order valence-electron chi connectivity index (χ0n) is 16.4. The number of halogens is 2. The van der Waals surface area contributed by atoms with Crippen LogP contribution in [0.3, 0.4) is 0 Å². The highest BCUT2D eigenvalue weighted by atomic mass is 35.5. The van der Waals surface area contributed by atoms with Crippen molar-refractivity contribution >= 4 is 45.1 Å². The Morgan fingerprint density at radius 2 is 1.57 bits per heavy atom. The van der Waals surface area contributed by atoms with E-state index < -0.39 is 0 Å². The fourth-order valence-electron chi connectivity index (χ4n) is 3.90. The zero-order valence-corrected chi connectivity index (χ0v) is 18.0. The van der Waals surface area contributed by atoms with E-state index in [1.807, 2.05) is 77.8 Å². The quantitative estimate of drug-likeness (QED) is 0.350. The van der Waals surface area contributed by atoms with Crippen LogP contribution < -0.4 is 5.62 Å². The number of nitrogens with zero attached hydrogens (tertiary/aromatic N) is 3. The van der Waals surface area contributed by atoms with Crippen molar-refractivity contribution in [2.24, 2.45) is 7.05 Å². The van der Waals surface area contributed by atoms with Crippen LogP contribution in [-0.2, 0) is 7.05 Å². The first-order valence-corrected chi connectivity index (χ1v) is 10.3. The third-order valence-corrected chi connectivity index (χ3v) is 6.01. The maximum Gasteiger partial charge on any atom is 0.207 e. The van der Waals surface area contributed by atoms with Gasteiger partial charge < -0.3 is 4.57 Å². The van der Waals surface area contributed by atoms with Crippen LogP contribution in [0.5, 0.6) is 0 Å². The summed E-state index contributed by atoms with van der Waals surface area (Å²) in [6, 6.07) is 19.8. The van der Waals surface area contributed by atoms with E-state index in [2.05, 4.69) is 17.1 Å². The summed E-state index contributed by atoms with van der Waals surface area (Å²) in [7, 11) is 1.89. The molecule has 0 saturated carbocycles. The van der Waals surface area contributed by atoms with Crippen LogP contribution in [0.25, 0.3) is 38.8 Å². The molecule has 0 aliphatic carbocycles. The van der Waals surface area contributed by atoms with Crippen LogP contribution >= 0.6 is 23.2 Å². The average molecular weight is 433 g/mol. The van der Waals surface area contributed by atoms with Crippen LogP contribution in [0.1, 0.15) is 5.56 Å². The van der Waals surface area contributed by atoms with Crippen molar-refractivity contribution in [3.63, 3.8) is 0 Å². The Hall–Kier alpha value is -3.08. The highest BCUT2D eigenvalue weighted by molar-refractivity contribution is 6.31. The molecule has 6 heteroatoms. The molecule has 5 rings (SSSR count). The van der Waals surface area contributed by atoms with Crippen molar-refractivity contribution in [3.8, 4) is 16.8 Å². The first-order chi connectivity index (χ1) is 14.4. The number of nitrogens with one attached hydrogen (secondary N) is 1. The number of rotatable bonds is 2. The summed E-state index contributed by atoms with van der Waals surface area (Å²) >= 11 is 12.4. The van der Waals surface area contributed by atoms with Crippen molar-refractivity contribution < 1.29 is 0 Å². The van der Waals surface area contributed by atoms with E-state index in [0.29, 0.717) is 15.7 Å². The molecule has 30 heavy (non-hydrogen) atoms. The zero-order chi connectivity index (χ0) is 21.0. The number of aromatic nitrogens is 3. The van der Waals surface area contributed by atoms with Gasteiger partial charge in [0.25, 0.3) is 0 Å². The molecule has 148 valence electrons. The molecule has 0 saturated heterocycles. The van der Waals surface area contributed by atoms with E-state index >= 15 is 0 Å². The second-order valence-electron chi connectivity index (χ2n) is 7.38. The minimum atomic E-state index is 0.363. The molecular weight excluding hydrogens is 415 g/mol. The number of imidazole rings is 1. The lowest BCUT2D eigenvalue weighted by Gasteiger charge is -2.11. The second-order valence-corrected chi connectivity index (χ2v) is 8.25. The molecule has 0 spiro atoms. The van der Waals surface area contributed by atoms with E-state index in [0.717, 1.165) is 44.3 Å². The predicted molar refractivity (Wildman–Crippen MR) is 124 cm³/mol. The molecule has 0 aliphatic rings. The molecule has 4 nitrogen and oxygen atoms in total. The van der Waals surface area contributed by atoms with Gasteiger partial charge in [0.1, 0.15) is 0 Å². The molecule has 0 fully saturated rings. The molecule has 0 atom stereocenters. The van der Waals surface area contributed by atoms with Gasteiger partial charge in [-0.3, -0.25) is 15.0 Å². The van der Waals surface area contributed by atoms with Crippen molar-refractivity contribution in [1.82, 2.24) is 14.1 Å². The van der Waals surface area contributed by atoms with Gasteiger partial charge in [0.2, 0.25) is 5.62 Å². The van der Waals surface area contributed by atoms with Crippen molar-refractivity contribution in [2.75, 3.05) is 0 Å². The average Bonchev–Trinajstić information content (AvgIpc) is 3.01. The monoisotopic (exact) mass is 432 g/mol.